The van der Waals surface area contributed by atoms with E-state index in [0.717, 1.165) is 16.5 Å². The Morgan fingerprint density at radius 1 is 1.06 bits per heavy atom. The fourth-order valence-corrected chi connectivity index (χ4v) is 4.36. The van der Waals surface area contributed by atoms with Crippen molar-refractivity contribution in [2.24, 2.45) is 0 Å². The van der Waals surface area contributed by atoms with Crippen LogP contribution in [-0.2, 0) is 14.9 Å². The molecule has 6 nitrogen and oxygen atoms in total. The minimum Gasteiger partial charge on any atom is -0.496 e. The Hall–Kier alpha value is -3.54. The van der Waals surface area contributed by atoms with Gasteiger partial charge in [-0.25, -0.2) is 4.79 Å². The zero-order chi connectivity index (χ0) is 23.0. The molecule has 0 saturated heterocycles. The Labute approximate surface area is 187 Å². The van der Waals surface area contributed by atoms with Crippen LogP contribution in [0.15, 0.2) is 54.7 Å². The number of para-hydroxylation sites is 2. The molecule has 2 heterocycles. The number of esters is 1. The first-order valence-electron chi connectivity index (χ1n) is 10.7. The summed E-state index contributed by atoms with van der Waals surface area (Å²) in [4.78, 5) is 31.8. The van der Waals surface area contributed by atoms with Gasteiger partial charge in [-0.2, -0.15) is 0 Å². The molecule has 0 radical (unpaired) electrons. The third-order valence-corrected chi connectivity index (χ3v) is 5.66. The van der Waals surface area contributed by atoms with Crippen molar-refractivity contribution in [2.75, 3.05) is 13.7 Å². The van der Waals surface area contributed by atoms with E-state index in [0.29, 0.717) is 29.1 Å². The molecule has 0 atom stereocenters. The van der Waals surface area contributed by atoms with Gasteiger partial charge in [0, 0.05) is 29.1 Å². The third kappa shape index (κ3) is 3.77. The van der Waals surface area contributed by atoms with Crippen LogP contribution in [0.25, 0.3) is 16.5 Å². The fourth-order valence-electron chi connectivity index (χ4n) is 4.36. The Morgan fingerprint density at radius 2 is 1.75 bits per heavy atom. The Morgan fingerprint density at radius 3 is 2.47 bits per heavy atom. The highest BCUT2D eigenvalue weighted by molar-refractivity contribution is 6.18. The number of carbonyl (C=O) groups excluding carboxylic acids is 2. The van der Waals surface area contributed by atoms with Crippen LogP contribution in [-0.4, -0.2) is 41.5 Å². The van der Waals surface area contributed by atoms with Crippen LogP contribution in [0.3, 0.4) is 0 Å². The van der Waals surface area contributed by atoms with Gasteiger partial charge in [0.2, 0.25) is 0 Å². The van der Waals surface area contributed by atoms with Gasteiger partial charge in [0.25, 0.3) is 5.91 Å². The van der Waals surface area contributed by atoms with Gasteiger partial charge < -0.3 is 19.4 Å². The largest absolute Gasteiger partial charge is 0.496 e. The summed E-state index contributed by atoms with van der Waals surface area (Å²) in [6.45, 7) is 8.17. The number of aromatic nitrogens is 1. The van der Waals surface area contributed by atoms with Crippen LogP contribution >= 0.6 is 0 Å². The lowest BCUT2D eigenvalue weighted by Crippen LogP contribution is -2.37. The van der Waals surface area contributed by atoms with Gasteiger partial charge >= 0.3 is 5.97 Å². The molecule has 4 rings (SSSR count). The first-order chi connectivity index (χ1) is 15.2. The van der Waals surface area contributed by atoms with E-state index in [1.807, 2.05) is 44.2 Å². The van der Waals surface area contributed by atoms with Crippen LogP contribution in [0.1, 0.15) is 49.3 Å². The van der Waals surface area contributed by atoms with Gasteiger partial charge in [0.05, 0.1) is 30.0 Å². The first-order valence-corrected chi connectivity index (χ1v) is 10.7. The number of ether oxygens (including phenoxy) is 2. The number of H-pyrrole nitrogens is 1. The molecule has 0 spiro atoms. The molecule has 6 heteroatoms. The van der Waals surface area contributed by atoms with Crippen LogP contribution in [0, 0.1) is 0 Å². The highest BCUT2D eigenvalue weighted by Crippen LogP contribution is 2.40. The van der Waals surface area contributed by atoms with E-state index < -0.39 is 11.4 Å². The molecule has 1 N–H and O–H groups in total. The number of carbonyl (C=O) groups is 2. The van der Waals surface area contributed by atoms with Crippen molar-refractivity contribution < 1.29 is 19.1 Å². The highest BCUT2D eigenvalue weighted by Gasteiger charge is 2.38. The summed E-state index contributed by atoms with van der Waals surface area (Å²) in [5.74, 6) is -0.216. The maximum Gasteiger partial charge on any atom is 0.342 e. The molecule has 1 aliphatic heterocycles. The van der Waals surface area contributed by atoms with E-state index >= 15 is 0 Å². The van der Waals surface area contributed by atoms with E-state index in [-0.39, 0.29) is 12.0 Å². The van der Waals surface area contributed by atoms with Gasteiger partial charge in [0.15, 0.2) is 0 Å². The minimum atomic E-state index is -0.469. The summed E-state index contributed by atoms with van der Waals surface area (Å²) < 4.78 is 11.0. The quantitative estimate of drug-likeness (QED) is 0.595. The number of nitrogens with zero attached hydrogens (tertiary/aromatic N) is 1. The predicted molar refractivity (Wildman–Crippen MR) is 125 cm³/mol. The van der Waals surface area contributed by atoms with Gasteiger partial charge in [-0.1, -0.05) is 44.2 Å². The molecular formula is C26H28N2O4. The molecule has 0 bridgehead atoms. The fraction of sp³-hybridized carbons (Fsp3) is 0.308. The summed E-state index contributed by atoms with van der Waals surface area (Å²) in [6.07, 6.45) is 1.33. The summed E-state index contributed by atoms with van der Waals surface area (Å²) in [6, 6.07) is 15.1. The molecule has 0 aliphatic carbocycles. The number of aromatic amines is 1. The molecule has 2 aromatic carbocycles. The SMILES string of the molecule is COc1ccccc1C(=O)N1C=C(C(=O)OC(C)C)c2[nH]c3ccccc3c2C(C)(C)C1. The topological polar surface area (TPSA) is 71.6 Å². The van der Waals surface area contributed by atoms with E-state index in [1.54, 1.807) is 29.3 Å². The van der Waals surface area contributed by atoms with Gasteiger partial charge in [-0.15, -0.1) is 0 Å². The number of fused-ring (bicyclic) bond motifs is 3. The standard InChI is InChI=1S/C26H28N2O4/c1-16(2)32-25(30)19-14-28(24(29)18-11-7-9-13-21(18)31-5)15-26(3,4)22-17-10-6-8-12-20(17)27-23(19)22/h6-14,16,27H,15H2,1-5H3. The molecule has 1 aromatic heterocycles. The number of amides is 1. The molecule has 166 valence electrons. The van der Waals surface area contributed by atoms with Crippen molar-refractivity contribution in [3.8, 4) is 5.75 Å². The lowest BCUT2D eigenvalue weighted by molar-refractivity contribution is -0.140. The summed E-state index contributed by atoms with van der Waals surface area (Å²) >= 11 is 0. The average molecular weight is 433 g/mol. The maximum absolute atomic E-state index is 13.6. The van der Waals surface area contributed by atoms with Crippen molar-refractivity contribution in [3.05, 3.63) is 71.6 Å². The number of nitrogens with one attached hydrogen (secondary N) is 1. The Balaban J connectivity index is 1.91. The molecule has 1 amide bonds. The van der Waals surface area contributed by atoms with Crippen LogP contribution in [0.2, 0.25) is 0 Å². The Kier molecular flexibility index (Phi) is 5.55. The monoisotopic (exact) mass is 432 g/mol. The number of methoxy groups -OCH3 is 1. The average Bonchev–Trinajstić information content (AvgIpc) is 3.10. The second kappa shape index (κ2) is 8.19. The van der Waals surface area contributed by atoms with Crippen LogP contribution in [0.5, 0.6) is 5.75 Å². The second-order valence-electron chi connectivity index (χ2n) is 8.93. The Bertz CT molecular complexity index is 1220. The second-order valence-corrected chi connectivity index (χ2v) is 8.93. The number of rotatable bonds is 4. The van der Waals surface area contributed by atoms with E-state index in [2.05, 4.69) is 18.8 Å². The lowest BCUT2D eigenvalue weighted by Gasteiger charge is -2.30. The van der Waals surface area contributed by atoms with E-state index in [9.17, 15) is 9.59 Å². The smallest absolute Gasteiger partial charge is 0.342 e. The van der Waals surface area contributed by atoms with Crippen LogP contribution < -0.4 is 4.74 Å². The van der Waals surface area contributed by atoms with Gasteiger partial charge in [-0.3, -0.25) is 4.79 Å². The molecular weight excluding hydrogens is 404 g/mol. The van der Waals surface area contributed by atoms with Crippen molar-refractivity contribution in [1.82, 2.24) is 9.88 Å². The molecule has 32 heavy (non-hydrogen) atoms. The number of benzene rings is 2. The zero-order valence-corrected chi connectivity index (χ0v) is 19.1. The lowest BCUT2D eigenvalue weighted by atomic mass is 9.81. The van der Waals surface area contributed by atoms with Crippen molar-refractivity contribution in [3.63, 3.8) is 0 Å². The molecule has 1 aliphatic rings. The van der Waals surface area contributed by atoms with E-state index in [4.69, 9.17) is 9.47 Å². The third-order valence-electron chi connectivity index (χ3n) is 5.66. The van der Waals surface area contributed by atoms with Gasteiger partial charge in [-0.05, 0) is 37.6 Å². The normalized spacial score (nSPS) is 15.2. The summed E-state index contributed by atoms with van der Waals surface area (Å²) in [7, 11) is 1.54. The van der Waals surface area contributed by atoms with Crippen LogP contribution in [0.4, 0.5) is 0 Å². The zero-order valence-electron chi connectivity index (χ0n) is 19.1. The first kappa shape index (κ1) is 21.7. The van der Waals surface area contributed by atoms with Gasteiger partial charge in [0.1, 0.15) is 5.75 Å². The molecule has 0 saturated carbocycles. The molecule has 0 unspecified atom stereocenters. The maximum atomic E-state index is 13.6. The minimum absolute atomic E-state index is 0.236. The van der Waals surface area contributed by atoms with Crippen molar-refractivity contribution in [2.45, 2.75) is 39.2 Å². The summed E-state index contributed by atoms with van der Waals surface area (Å²) in [5, 5.41) is 1.03. The number of hydrogen-bond acceptors (Lipinski definition) is 4. The highest BCUT2D eigenvalue weighted by atomic mass is 16.5. The summed E-state index contributed by atoms with van der Waals surface area (Å²) in [5.41, 5.74) is 2.96. The van der Waals surface area contributed by atoms with E-state index in [1.165, 1.54) is 7.11 Å². The van der Waals surface area contributed by atoms with Crippen molar-refractivity contribution >= 4 is 28.4 Å². The van der Waals surface area contributed by atoms with Crippen molar-refractivity contribution in [1.29, 1.82) is 0 Å². The molecule has 3 aromatic rings. The molecule has 0 fully saturated rings. The predicted octanol–water partition coefficient (Wildman–Crippen LogP) is 4.90. The number of hydrogen-bond donors (Lipinski definition) is 1.